The minimum atomic E-state index is -0.540. The summed E-state index contributed by atoms with van der Waals surface area (Å²) in [6.07, 6.45) is 14.4. The van der Waals surface area contributed by atoms with Crippen molar-refractivity contribution < 1.29 is 37.7 Å². The smallest absolute Gasteiger partial charge is 0.0493 e. The minimum absolute atomic E-state index is 0. The molecule has 0 saturated heterocycles. The number of aromatic nitrogens is 3. The van der Waals surface area contributed by atoms with Gasteiger partial charge in [-0.2, -0.15) is 11.2 Å². The van der Waals surface area contributed by atoms with Gasteiger partial charge in [-0.1, -0.05) is 68.4 Å². The summed E-state index contributed by atoms with van der Waals surface area (Å²) in [6.45, 7) is 4.24. The number of halogens is 4. The predicted molar refractivity (Wildman–Crippen MR) is 151 cm³/mol. The summed E-state index contributed by atoms with van der Waals surface area (Å²) < 4.78 is 58.8. The number of hydrogen-bond acceptors (Lipinski definition) is 2. The third-order valence-electron chi connectivity index (χ3n) is 8.70. The third kappa shape index (κ3) is 7.20. The van der Waals surface area contributed by atoms with Gasteiger partial charge in [0.25, 0.3) is 0 Å². The first-order chi connectivity index (χ1) is 19.7. The monoisotopic (exact) mass is 754 g/mol. The minimum Gasteiger partial charge on any atom is -0.305 e. The van der Waals surface area contributed by atoms with Crippen molar-refractivity contribution in [3.05, 3.63) is 102 Å². The fraction of sp³-hybridized carbons (Fsp3) is 0.412. The van der Waals surface area contributed by atoms with Crippen LogP contribution in [0.1, 0.15) is 76.3 Å². The van der Waals surface area contributed by atoms with Crippen LogP contribution in [0.3, 0.4) is 0 Å². The van der Waals surface area contributed by atoms with Gasteiger partial charge in [0.05, 0.1) is 0 Å². The molecule has 2 aliphatic rings. The molecule has 4 aromatic rings. The van der Waals surface area contributed by atoms with Crippen molar-refractivity contribution in [2.45, 2.75) is 78.1 Å². The van der Waals surface area contributed by atoms with E-state index in [1.54, 1.807) is 42.9 Å². The van der Waals surface area contributed by atoms with Gasteiger partial charge in [-0.25, -0.2) is 0 Å². The zero-order valence-electron chi connectivity index (χ0n) is 24.0. The summed E-state index contributed by atoms with van der Waals surface area (Å²) in [7, 11) is 0. The summed E-state index contributed by atoms with van der Waals surface area (Å²) in [5, 5.41) is 3.99. The van der Waals surface area contributed by atoms with Crippen LogP contribution in [0.5, 0.6) is 0 Å². The fourth-order valence-electron chi connectivity index (χ4n) is 6.32. The van der Waals surface area contributed by atoms with Crippen LogP contribution in [0.4, 0.5) is 17.6 Å². The van der Waals surface area contributed by atoms with E-state index in [4.69, 9.17) is 0 Å². The molecule has 2 heterocycles. The Morgan fingerprint density at radius 3 is 1.86 bits per heavy atom. The van der Waals surface area contributed by atoms with E-state index in [1.165, 1.54) is 16.8 Å². The fourth-order valence-corrected chi connectivity index (χ4v) is 6.32. The molecule has 0 aliphatic heterocycles. The van der Waals surface area contributed by atoms with Crippen LogP contribution in [0.2, 0.25) is 0 Å². The number of pyridine rings is 1. The van der Waals surface area contributed by atoms with Gasteiger partial charge >= 0.3 is 0 Å². The molecule has 6 rings (SSSR count). The van der Waals surface area contributed by atoms with Crippen molar-refractivity contribution in [2.75, 3.05) is 0 Å². The first-order valence-corrected chi connectivity index (χ1v) is 14.4. The second-order valence-electron chi connectivity index (χ2n) is 12.1. The van der Waals surface area contributed by atoms with Crippen LogP contribution >= 0.6 is 0 Å². The quantitative estimate of drug-likeness (QED) is 0.146. The molecular weight excluding hydrogens is 719 g/mol. The van der Waals surface area contributed by atoms with Gasteiger partial charge in [-0.3, -0.25) is 22.2 Å². The Hall–Kier alpha value is -2.83. The Kier molecular flexibility index (Phi) is 10.4. The van der Waals surface area contributed by atoms with E-state index in [1.807, 2.05) is 0 Å². The van der Waals surface area contributed by atoms with E-state index < -0.39 is 23.3 Å². The van der Waals surface area contributed by atoms with E-state index in [9.17, 15) is 17.6 Å². The molecule has 0 atom stereocenters. The molecule has 42 heavy (non-hydrogen) atoms. The average Bonchev–Trinajstić information content (AvgIpc) is 3.74. The maximum absolute atomic E-state index is 14.7. The SMILES string of the molecule is CC1(Cc2c(F)c[c-]c(-c3ccccn3)c2F)CCCC1.CC1(Cc2c(F)c[c-]c(-n3cccn3)c2F)CCCC1.[Ir]. The molecule has 1 radical (unpaired) electrons. The molecule has 3 nitrogen and oxygen atoms in total. The topological polar surface area (TPSA) is 30.7 Å². The van der Waals surface area contributed by atoms with E-state index in [-0.39, 0.29) is 53.3 Å². The maximum atomic E-state index is 14.7. The summed E-state index contributed by atoms with van der Waals surface area (Å²) in [4.78, 5) is 4.14. The van der Waals surface area contributed by atoms with E-state index in [0.717, 1.165) is 51.4 Å². The standard InChI is InChI=1S/C18H18F2N.C16H17F2N2.Ir/c1-18(9-3-4-10-18)12-14-15(19)8-7-13(17(14)20)16-6-2-5-11-21-16;1-16(7-2-3-8-16)11-12-13(17)5-6-14(15(12)18)20-10-4-9-19-20;/h2,5-6,8,11H,3-4,9-10,12H2,1H3;4-5,9-10H,2-3,7-8,11H2,1H3;/q2*-1;. The Morgan fingerprint density at radius 2 is 1.33 bits per heavy atom. The average molecular weight is 754 g/mol. The van der Waals surface area contributed by atoms with Crippen LogP contribution in [-0.2, 0) is 32.9 Å². The van der Waals surface area contributed by atoms with Gasteiger partial charge in [0, 0.05) is 62.0 Å². The molecule has 0 unspecified atom stereocenters. The van der Waals surface area contributed by atoms with Crippen molar-refractivity contribution in [3.8, 4) is 16.9 Å². The predicted octanol–water partition coefficient (Wildman–Crippen LogP) is 9.02. The first kappa shape index (κ1) is 32.1. The van der Waals surface area contributed by atoms with Gasteiger partial charge in [0.15, 0.2) is 0 Å². The Bertz CT molecular complexity index is 1460. The maximum Gasteiger partial charge on any atom is 0.0493 e. The largest absolute Gasteiger partial charge is 0.305 e. The molecule has 0 amide bonds. The number of hydrogen-bond donors (Lipinski definition) is 0. The second-order valence-corrected chi connectivity index (χ2v) is 12.1. The molecule has 0 bridgehead atoms. The zero-order valence-corrected chi connectivity index (χ0v) is 26.3. The van der Waals surface area contributed by atoms with Crippen molar-refractivity contribution in [2.24, 2.45) is 10.8 Å². The molecule has 8 heteroatoms. The van der Waals surface area contributed by atoms with Crippen LogP contribution in [-0.4, -0.2) is 14.8 Å². The van der Waals surface area contributed by atoms with Crippen LogP contribution in [0, 0.1) is 46.2 Å². The number of nitrogens with zero attached hydrogens (tertiary/aromatic N) is 3. The van der Waals surface area contributed by atoms with Crippen molar-refractivity contribution >= 4 is 0 Å². The molecule has 2 fully saturated rings. The van der Waals surface area contributed by atoms with Crippen molar-refractivity contribution in [3.63, 3.8) is 0 Å². The summed E-state index contributed by atoms with van der Waals surface area (Å²) in [5.41, 5.74) is 1.29. The zero-order chi connectivity index (χ0) is 29.0. The Balaban J connectivity index is 0.000000189. The molecule has 2 aromatic heterocycles. The van der Waals surface area contributed by atoms with Crippen LogP contribution < -0.4 is 0 Å². The van der Waals surface area contributed by atoms with Gasteiger partial charge in [0.1, 0.15) is 0 Å². The molecule has 0 N–H and O–H groups in total. The molecule has 0 spiro atoms. The second kappa shape index (κ2) is 13.6. The first-order valence-electron chi connectivity index (χ1n) is 14.4. The Morgan fingerprint density at radius 1 is 0.762 bits per heavy atom. The van der Waals surface area contributed by atoms with Gasteiger partial charge in [-0.05, 0) is 72.9 Å². The molecule has 2 aliphatic carbocycles. The van der Waals surface area contributed by atoms with Crippen molar-refractivity contribution in [1.29, 1.82) is 0 Å². The summed E-state index contributed by atoms with van der Waals surface area (Å²) in [6, 6.07) is 14.8. The summed E-state index contributed by atoms with van der Waals surface area (Å²) >= 11 is 0. The van der Waals surface area contributed by atoms with Gasteiger partial charge < -0.3 is 4.98 Å². The molecular formula is C34H35F4IrN3-2. The van der Waals surface area contributed by atoms with Gasteiger partial charge in [-0.15, -0.1) is 18.2 Å². The van der Waals surface area contributed by atoms with E-state index in [2.05, 4.69) is 36.1 Å². The van der Waals surface area contributed by atoms with E-state index in [0.29, 0.717) is 18.5 Å². The molecule has 2 aromatic carbocycles. The molecule has 225 valence electrons. The normalized spacial score (nSPS) is 16.9. The Labute approximate surface area is 259 Å². The van der Waals surface area contributed by atoms with E-state index >= 15 is 0 Å². The van der Waals surface area contributed by atoms with Crippen LogP contribution in [0.15, 0.2) is 55.0 Å². The number of rotatable bonds is 6. The molecule has 2 saturated carbocycles. The number of benzene rings is 2. The summed E-state index contributed by atoms with van der Waals surface area (Å²) in [5.74, 6) is -2.06. The van der Waals surface area contributed by atoms with Crippen molar-refractivity contribution in [1.82, 2.24) is 14.8 Å². The van der Waals surface area contributed by atoms with Crippen LogP contribution in [0.25, 0.3) is 16.9 Å². The van der Waals surface area contributed by atoms with Gasteiger partial charge in [0.2, 0.25) is 0 Å². The third-order valence-corrected chi connectivity index (χ3v) is 8.70.